The van der Waals surface area contributed by atoms with Crippen molar-refractivity contribution in [1.82, 2.24) is 4.90 Å². The number of nitrogens with zero attached hydrogens (tertiary/aromatic N) is 1. The van der Waals surface area contributed by atoms with Gasteiger partial charge in [-0.3, -0.25) is 9.59 Å². The molecule has 0 aromatic heterocycles. The standard InChI is InChI=1S/C15H16BrNO3/c16-12-6-3-11(4-7-12)5-8-14(18)17-9-1-2-13(17)10-15(19)20/h3-8,13H,1-2,9-10H2,(H,19,20)/b8-5+. The Morgan fingerprint density at radius 2 is 2.05 bits per heavy atom. The van der Waals surface area contributed by atoms with Gasteiger partial charge in [-0.05, 0) is 36.6 Å². The third-order valence-electron chi connectivity index (χ3n) is 3.36. The number of carboxylic acid groups (broad SMARTS) is 1. The first-order chi connectivity index (χ1) is 9.56. The van der Waals surface area contributed by atoms with Gasteiger partial charge in [0.25, 0.3) is 0 Å². The lowest BCUT2D eigenvalue weighted by molar-refractivity contribution is -0.139. The number of benzene rings is 1. The van der Waals surface area contributed by atoms with Gasteiger partial charge >= 0.3 is 5.97 Å². The minimum absolute atomic E-state index is 0.0257. The zero-order valence-corrected chi connectivity index (χ0v) is 12.5. The van der Waals surface area contributed by atoms with Crippen molar-refractivity contribution < 1.29 is 14.7 Å². The predicted molar refractivity (Wildman–Crippen MR) is 80.2 cm³/mol. The Labute approximate surface area is 126 Å². The number of hydrogen-bond acceptors (Lipinski definition) is 2. The van der Waals surface area contributed by atoms with Gasteiger partial charge in [0.15, 0.2) is 0 Å². The molecule has 2 rings (SSSR count). The highest BCUT2D eigenvalue weighted by molar-refractivity contribution is 9.10. The zero-order valence-electron chi connectivity index (χ0n) is 11.0. The van der Waals surface area contributed by atoms with Crippen LogP contribution in [0, 0.1) is 0 Å². The molecule has 5 heteroatoms. The van der Waals surface area contributed by atoms with E-state index in [1.165, 1.54) is 6.08 Å². The SMILES string of the molecule is O=C(O)CC1CCCN1C(=O)/C=C/c1ccc(Br)cc1. The number of carbonyl (C=O) groups is 2. The monoisotopic (exact) mass is 337 g/mol. The van der Waals surface area contributed by atoms with Gasteiger partial charge in [-0.15, -0.1) is 0 Å². The van der Waals surface area contributed by atoms with Gasteiger partial charge in [0.05, 0.1) is 6.42 Å². The summed E-state index contributed by atoms with van der Waals surface area (Å²) in [5.74, 6) is -0.969. The van der Waals surface area contributed by atoms with Crippen LogP contribution in [0.25, 0.3) is 6.08 Å². The molecule has 4 nitrogen and oxygen atoms in total. The Kier molecular flexibility index (Phi) is 4.95. The molecule has 1 N–H and O–H groups in total. The average molecular weight is 338 g/mol. The first kappa shape index (κ1) is 14.8. The molecule has 1 heterocycles. The molecule has 1 saturated heterocycles. The van der Waals surface area contributed by atoms with Gasteiger partial charge in [0.2, 0.25) is 5.91 Å². The van der Waals surface area contributed by atoms with Crippen molar-refractivity contribution in [3.8, 4) is 0 Å². The second kappa shape index (κ2) is 6.70. The fraction of sp³-hybridized carbons (Fsp3) is 0.333. The molecule has 1 atom stereocenters. The molecule has 0 radical (unpaired) electrons. The van der Waals surface area contributed by atoms with Crippen LogP contribution in [-0.2, 0) is 9.59 Å². The summed E-state index contributed by atoms with van der Waals surface area (Å²) in [6, 6.07) is 7.47. The Balaban J connectivity index is 2.00. The lowest BCUT2D eigenvalue weighted by Gasteiger charge is -2.21. The molecular weight excluding hydrogens is 322 g/mol. The predicted octanol–water partition coefficient (Wildman–Crippen LogP) is 2.93. The second-order valence-corrected chi connectivity index (χ2v) is 5.73. The molecule has 0 bridgehead atoms. The average Bonchev–Trinajstić information content (AvgIpc) is 2.85. The van der Waals surface area contributed by atoms with Crippen molar-refractivity contribution in [2.24, 2.45) is 0 Å². The van der Waals surface area contributed by atoms with E-state index in [4.69, 9.17) is 5.11 Å². The van der Waals surface area contributed by atoms with Crippen molar-refractivity contribution >= 4 is 33.9 Å². The maximum Gasteiger partial charge on any atom is 0.305 e. The third-order valence-corrected chi connectivity index (χ3v) is 3.89. The molecule has 0 aliphatic carbocycles. The van der Waals surface area contributed by atoms with Crippen molar-refractivity contribution in [3.05, 3.63) is 40.4 Å². The molecule has 1 aromatic rings. The van der Waals surface area contributed by atoms with Gasteiger partial charge in [0, 0.05) is 23.1 Å². The molecule has 20 heavy (non-hydrogen) atoms. The van der Waals surface area contributed by atoms with Gasteiger partial charge in [-0.1, -0.05) is 28.1 Å². The minimum atomic E-state index is -0.855. The summed E-state index contributed by atoms with van der Waals surface area (Å²) < 4.78 is 0.988. The van der Waals surface area contributed by atoms with E-state index in [9.17, 15) is 9.59 Å². The van der Waals surface area contributed by atoms with Crippen molar-refractivity contribution in [3.63, 3.8) is 0 Å². The summed E-state index contributed by atoms with van der Waals surface area (Å²) in [4.78, 5) is 24.5. The van der Waals surface area contributed by atoms with Gasteiger partial charge in [-0.25, -0.2) is 0 Å². The molecular formula is C15H16BrNO3. The van der Waals surface area contributed by atoms with Crippen LogP contribution in [0.1, 0.15) is 24.8 Å². The highest BCUT2D eigenvalue weighted by Gasteiger charge is 2.28. The van der Waals surface area contributed by atoms with E-state index in [0.717, 1.165) is 22.9 Å². The number of aliphatic carboxylic acids is 1. The minimum Gasteiger partial charge on any atom is -0.481 e. The van der Waals surface area contributed by atoms with Crippen LogP contribution in [0.5, 0.6) is 0 Å². The van der Waals surface area contributed by atoms with Crippen LogP contribution < -0.4 is 0 Å². The third kappa shape index (κ3) is 3.93. The fourth-order valence-electron chi connectivity index (χ4n) is 2.38. The van der Waals surface area contributed by atoms with Gasteiger partial charge < -0.3 is 10.0 Å². The number of hydrogen-bond donors (Lipinski definition) is 1. The molecule has 1 fully saturated rings. The van der Waals surface area contributed by atoms with E-state index in [-0.39, 0.29) is 18.4 Å². The van der Waals surface area contributed by atoms with Crippen LogP contribution >= 0.6 is 15.9 Å². The van der Waals surface area contributed by atoms with Crippen molar-refractivity contribution in [2.45, 2.75) is 25.3 Å². The van der Waals surface area contributed by atoms with Crippen LogP contribution in [0.3, 0.4) is 0 Å². The summed E-state index contributed by atoms with van der Waals surface area (Å²) >= 11 is 3.36. The molecule has 1 amide bonds. The maximum absolute atomic E-state index is 12.1. The zero-order chi connectivity index (χ0) is 14.5. The highest BCUT2D eigenvalue weighted by atomic mass is 79.9. The molecule has 0 saturated carbocycles. The van der Waals surface area contributed by atoms with E-state index < -0.39 is 5.97 Å². The first-order valence-electron chi connectivity index (χ1n) is 6.52. The number of amides is 1. The lowest BCUT2D eigenvalue weighted by atomic mass is 10.1. The first-order valence-corrected chi connectivity index (χ1v) is 7.31. The summed E-state index contributed by atoms with van der Waals surface area (Å²) in [7, 11) is 0. The van der Waals surface area contributed by atoms with Crippen molar-refractivity contribution in [1.29, 1.82) is 0 Å². The van der Waals surface area contributed by atoms with E-state index >= 15 is 0 Å². The summed E-state index contributed by atoms with van der Waals surface area (Å²) in [5, 5.41) is 8.85. The number of halogens is 1. The molecule has 1 aromatic carbocycles. The molecule has 1 unspecified atom stereocenters. The van der Waals surface area contributed by atoms with Crippen LogP contribution in [0.15, 0.2) is 34.8 Å². The Bertz CT molecular complexity index is 524. The highest BCUT2D eigenvalue weighted by Crippen LogP contribution is 2.21. The maximum atomic E-state index is 12.1. The number of rotatable bonds is 4. The van der Waals surface area contributed by atoms with Gasteiger partial charge in [0.1, 0.15) is 0 Å². The molecule has 1 aliphatic heterocycles. The quantitative estimate of drug-likeness (QED) is 0.859. The normalized spacial score (nSPS) is 18.6. The van der Waals surface area contributed by atoms with E-state index in [1.54, 1.807) is 11.0 Å². The van der Waals surface area contributed by atoms with E-state index in [2.05, 4.69) is 15.9 Å². The number of carbonyl (C=O) groups excluding carboxylic acids is 1. The number of likely N-dealkylation sites (tertiary alicyclic amines) is 1. The van der Waals surface area contributed by atoms with Crippen LogP contribution in [-0.4, -0.2) is 34.5 Å². The van der Waals surface area contributed by atoms with Crippen LogP contribution in [0.4, 0.5) is 0 Å². The number of carboxylic acids is 1. The summed E-state index contributed by atoms with van der Waals surface area (Å²) in [6.45, 7) is 0.640. The fourth-order valence-corrected chi connectivity index (χ4v) is 2.64. The molecule has 106 valence electrons. The summed E-state index contributed by atoms with van der Waals surface area (Å²) in [6.07, 6.45) is 4.94. The lowest BCUT2D eigenvalue weighted by Crippen LogP contribution is -2.35. The topological polar surface area (TPSA) is 57.6 Å². The van der Waals surface area contributed by atoms with E-state index in [1.807, 2.05) is 24.3 Å². The summed E-state index contributed by atoms with van der Waals surface area (Å²) in [5.41, 5.74) is 0.940. The second-order valence-electron chi connectivity index (χ2n) is 4.81. The Morgan fingerprint density at radius 1 is 1.35 bits per heavy atom. The van der Waals surface area contributed by atoms with Crippen LogP contribution in [0.2, 0.25) is 0 Å². The van der Waals surface area contributed by atoms with Gasteiger partial charge in [-0.2, -0.15) is 0 Å². The Morgan fingerprint density at radius 3 is 2.70 bits per heavy atom. The van der Waals surface area contributed by atoms with E-state index in [0.29, 0.717) is 6.54 Å². The smallest absolute Gasteiger partial charge is 0.305 e. The Hall–Kier alpha value is -1.62. The largest absolute Gasteiger partial charge is 0.481 e. The molecule has 0 spiro atoms. The van der Waals surface area contributed by atoms with Crippen molar-refractivity contribution in [2.75, 3.05) is 6.54 Å². The molecule has 1 aliphatic rings.